The first-order valence-corrected chi connectivity index (χ1v) is 9.02. The largest absolute Gasteiger partial charge is 0.437 e. The summed E-state index contributed by atoms with van der Waals surface area (Å²) >= 11 is 2.39. The topological polar surface area (TPSA) is 34.5 Å². The third-order valence-corrected chi connectivity index (χ3v) is 4.76. The SMILES string of the molecule is CCCCC/C(I)=C1\OC(=Nc2ccccc2)c2ccncc21. The maximum atomic E-state index is 6.11. The minimum absolute atomic E-state index is 0.660. The molecule has 3 rings (SSSR count). The predicted octanol–water partition coefficient (Wildman–Crippen LogP) is 5.87. The lowest BCUT2D eigenvalue weighted by Crippen LogP contribution is -1.96. The Bertz CT molecular complexity index is 738. The van der Waals surface area contributed by atoms with Gasteiger partial charge < -0.3 is 4.74 Å². The van der Waals surface area contributed by atoms with Crippen molar-refractivity contribution in [2.24, 2.45) is 4.99 Å². The molecule has 0 N–H and O–H groups in total. The number of aromatic nitrogens is 1. The number of rotatable bonds is 5. The van der Waals surface area contributed by atoms with Crippen molar-refractivity contribution in [1.82, 2.24) is 4.98 Å². The number of pyridine rings is 1. The van der Waals surface area contributed by atoms with Crippen molar-refractivity contribution in [2.75, 3.05) is 0 Å². The Hall–Kier alpha value is -1.69. The Balaban J connectivity index is 1.94. The van der Waals surface area contributed by atoms with E-state index in [1.54, 1.807) is 6.20 Å². The zero-order valence-electron chi connectivity index (χ0n) is 13.1. The highest BCUT2D eigenvalue weighted by atomic mass is 127. The van der Waals surface area contributed by atoms with Gasteiger partial charge in [-0.2, -0.15) is 0 Å². The van der Waals surface area contributed by atoms with Gasteiger partial charge in [0.15, 0.2) is 0 Å². The number of nitrogens with zero attached hydrogens (tertiary/aromatic N) is 2. The van der Waals surface area contributed by atoms with Crippen molar-refractivity contribution in [3.63, 3.8) is 0 Å². The number of allylic oxidation sites excluding steroid dienone is 1. The average Bonchev–Trinajstić information content (AvgIpc) is 2.95. The van der Waals surface area contributed by atoms with E-state index in [-0.39, 0.29) is 0 Å². The maximum absolute atomic E-state index is 6.11. The van der Waals surface area contributed by atoms with Gasteiger partial charge >= 0.3 is 0 Å². The van der Waals surface area contributed by atoms with E-state index in [2.05, 4.69) is 39.5 Å². The minimum Gasteiger partial charge on any atom is -0.437 e. The van der Waals surface area contributed by atoms with E-state index in [0.717, 1.165) is 29.0 Å². The summed E-state index contributed by atoms with van der Waals surface area (Å²) in [6.07, 6.45) is 8.34. The zero-order chi connectivity index (χ0) is 16.1. The molecule has 0 atom stereocenters. The third kappa shape index (κ3) is 3.80. The lowest BCUT2D eigenvalue weighted by molar-refractivity contribution is 0.521. The van der Waals surface area contributed by atoms with Gasteiger partial charge in [0.2, 0.25) is 5.90 Å². The second kappa shape index (κ2) is 7.73. The number of aliphatic imine (C=N–C) groups is 1. The Morgan fingerprint density at radius 2 is 1.96 bits per heavy atom. The number of fused-ring (bicyclic) bond motifs is 1. The summed E-state index contributed by atoms with van der Waals surface area (Å²) in [5.74, 6) is 1.58. The van der Waals surface area contributed by atoms with Gasteiger partial charge in [0.05, 0.1) is 11.3 Å². The number of benzene rings is 1. The van der Waals surface area contributed by atoms with E-state index in [0.29, 0.717) is 5.90 Å². The van der Waals surface area contributed by atoms with E-state index >= 15 is 0 Å². The molecule has 0 unspecified atom stereocenters. The molecular formula is C19H19IN2O. The number of hydrogen-bond donors (Lipinski definition) is 0. The van der Waals surface area contributed by atoms with Crippen LogP contribution in [0.25, 0.3) is 5.76 Å². The maximum Gasteiger partial charge on any atom is 0.227 e. The molecule has 1 aromatic heterocycles. The fraction of sp³-hybridized carbons (Fsp3) is 0.263. The molecule has 23 heavy (non-hydrogen) atoms. The van der Waals surface area contributed by atoms with Gasteiger partial charge in [0.1, 0.15) is 5.76 Å². The van der Waals surface area contributed by atoms with Crippen LogP contribution in [-0.4, -0.2) is 10.9 Å². The molecule has 0 radical (unpaired) electrons. The third-order valence-electron chi connectivity index (χ3n) is 3.73. The smallest absolute Gasteiger partial charge is 0.227 e. The van der Waals surface area contributed by atoms with E-state index in [1.807, 2.05) is 42.6 Å². The van der Waals surface area contributed by atoms with E-state index in [9.17, 15) is 0 Å². The van der Waals surface area contributed by atoms with Crippen LogP contribution in [-0.2, 0) is 4.74 Å². The van der Waals surface area contributed by atoms with Gasteiger partial charge in [-0.15, -0.1) is 0 Å². The summed E-state index contributed by atoms with van der Waals surface area (Å²) in [5, 5.41) is 0. The van der Waals surface area contributed by atoms with Crippen molar-refractivity contribution in [1.29, 1.82) is 0 Å². The van der Waals surface area contributed by atoms with Crippen LogP contribution in [0.2, 0.25) is 0 Å². The fourth-order valence-corrected chi connectivity index (χ4v) is 3.30. The first-order chi connectivity index (χ1) is 11.3. The Morgan fingerprint density at radius 3 is 2.74 bits per heavy atom. The molecule has 0 aliphatic carbocycles. The molecule has 0 saturated carbocycles. The summed E-state index contributed by atoms with van der Waals surface area (Å²) in [6, 6.07) is 11.9. The molecule has 1 aliphatic rings. The lowest BCUT2D eigenvalue weighted by Gasteiger charge is -2.05. The number of ether oxygens (including phenoxy) is 1. The van der Waals surface area contributed by atoms with Crippen LogP contribution in [0.3, 0.4) is 0 Å². The van der Waals surface area contributed by atoms with Crippen LogP contribution >= 0.6 is 22.6 Å². The highest BCUT2D eigenvalue weighted by molar-refractivity contribution is 14.1. The quantitative estimate of drug-likeness (QED) is 0.449. The summed E-state index contributed by atoms with van der Waals surface area (Å²) in [4.78, 5) is 8.91. The normalized spacial score (nSPS) is 17.0. The highest BCUT2D eigenvalue weighted by Gasteiger charge is 2.27. The molecule has 2 aromatic rings. The van der Waals surface area contributed by atoms with Crippen molar-refractivity contribution >= 4 is 39.9 Å². The van der Waals surface area contributed by atoms with Gasteiger partial charge in [-0.05, 0) is 53.6 Å². The number of hydrogen-bond acceptors (Lipinski definition) is 3. The molecule has 1 aliphatic heterocycles. The molecule has 0 fully saturated rings. The molecule has 3 nitrogen and oxygen atoms in total. The second-order valence-electron chi connectivity index (χ2n) is 5.47. The van der Waals surface area contributed by atoms with Crippen molar-refractivity contribution in [2.45, 2.75) is 32.6 Å². The lowest BCUT2D eigenvalue weighted by atomic mass is 10.1. The van der Waals surface area contributed by atoms with Crippen LogP contribution in [0, 0.1) is 0 Å². The van der Waals surface area contributed by atoms with E-state index < -0.39 is 0 Å². The Kier molecular flexibility index (Phi) is 5.43. The van der Waals surface area contributed by atoms with Crippen molar-refractivity contribution in [3.05, 3.63) is 63.5 Å². The number of halogens is 1. The summed E-state index contributed by atoms with van der Waals surface area (Å²) < 4.78 is 7.35. The molecule has 4 heteroatoms. The van der Waals surface area contributed by atoms with Gasteiger partial charge in [-0.3, -0.25) is 4.98 Å². The van der Waals surface area contributed by atoms with Gasteiger partial charge in [0, 0.05) is 21.5 Å². The van der Waals surface area contributed by atoms with Crippen LogP contribution in [0.15, 0.2) is 57.4 Å². The van der Waals surface area contributed by atoms with Crippen LogP contribution in [0.5, 0.6) is 0 Å². The predicted molar refractivity (Wildman–Crippen MR) is 103 cm³/mol. The van der Waals surface area contributed by atoms with Gasteiger partial charge in [-0.1, -0.05) is 38.0 Å². The highest BCUT2D eigenvalue weighted by Crippen LogP contribution is 2.36. The van der Waals surface area contributed by atoms with Crippen LogP contribution < -0.4 is 0 Å². The molecule has 1 aromatic carbocycles. The molecule has 0 bridgehead atoms. The van der Waals surface area contributed by atoms with E-state index in [4.69, 9.17) is 4.74 Å². The number of para-hydroxylation sites is 1. The first kappa shape index (κ1) is 16.2. The average molecular weight is 418 g/mol. The van der Waals surface area contributed by atoms with Crippen LogP contribution in [0.1, 0.15) is 43.7 Å². The monoisotopic (exact) mass is 418 g/mol. The second-order valence-corrected chi connectivity index (χ2v) is 6.77. The molecule has 118 valence electrons. The van der Waals surface area contributed by atoms with Gasteiger partial charge in [0.25, 0.3) is 0 Å². The summed E-state index contributed by atoms with van der Waals surface area (Å²) in [6.45, 7) is 2.22. The fourth-order valence-electron chi connectivity index (χ4n) is 2.52. The standard InChI is InChI=1S/C19H19IN2O/c1-2-3-5-10-17(20)18-16-13-21-12-11-15(16)19(23-18)22-14-8-6-4-7-9-14/h4,6-9,11-13H,2-3,5,10H2,1H3/b18-17+,22-19?. The minimum atomic E-state index is 0.660. The molecule has 2 heterocycles. The first-order valence-electron chi connectivity index (χ1n) is 7.94. The van der Waals surface area contributed by atoms with Crippen molar-refractivity contribution < 1.29 is 4.74 Å². The van der Waals surface area contributed by atoms with E-state index in [1.165, 1.54) is 22.8 Å². The van der Waals surface area contributed by atoms with Gasteiger partial charge in [-0.25, -0.2) is 4.99 Å². The Morgan fingerprint density at radius 1 is 1.13 bits per heavy atom. The van der Waals surface area contributed by atoms with Crippen molar-refractivity contribution in [3.8, 4) is 0 Å². The molecule has 0 saturated heterocycles. The number of unbranched alkanes of at least 4 members (excludes halogenated alkanes) is 2. The van der Waals surface area contributed by atoms with Crippen LogP contribution in [0.4, 0.5) is 5.69 Å². The summed E-state index contributed by atoms with van der Waals surface area (Å²) in [7, 11) is 0. The molecule has 0 amide bonds. The molecule has 0 spiro atoms. The summed E-state index contributed by atoms with van der Waals surface area (Å²) in [5.41, 5.74) is 2.96. The molecular weight excluding hydrogens is 399 g/mol. The Labute approximate surface area is 150 Å². The zero-order valence-corrected chi connectivity index (χ0v) is 15.3.